The van der Waals surface area contributed by atoms with Gasteiger partial charge in [0.05, 0.1) is 11.4 Å². The Morgan fingerprint density at radius 1 is 1.03 bits per heavy atom. The molecule has 7 nitrogen and oxygen atoms in total. The lowest BCUT2D eigenvalue weighted by Crippen LogP contribution is -2.51. The van der Waals surface area contributed by atoms with Gasteiger partial charge in [0.2, 0.25) is 15.9 Å². The summed E-state index contributed by atoms with van der Waals surface area (Å²) in [4.78, 5) is 16.9. The van der Waals surface area contributed by atoms with Gasteiger partial charge in [0.25, 0.3) is 0 Å². The lowest BCUT2D eigenvalue weighted by Gasteiger charge is -2.34. The third kappa shape index (κ3) is 5.11. The van der Waals surface area contributed by atoms with E-state index in [-0.39, 0.29) is 30.4 Å². The summed E-state index contributed by atoms with van der Waals surface area (Å²) in [5, 5.41) is 3.31. The minimum atomic E-state index is -3.78. The number of halogens is 1. The molecule has 184 valence electrons. The fourth-order valence-corrected chi connectivity index (χ4v) is 6.01. The Morgan fingerprint density at radius 3 is 2.41 bits per heavy atom. The molecule has 0 aliphatic carbocycles. The molecule has 1 fully saturated rings. The van der Waals surface area contributed by atoms with Crippen molar-refractivity contribution in [3.8, 4) is 0 Å². The van der Waals surface area contributed by atoms with Crippen LogP contribution in [0.25, 0.3) is 0 Å². The molecule has 1 atom stereocenters. The highest BCUT2D eigenvalue weighted by Crippen LogP contribution is 2.32. The van der Waals surface area contributed by atoms with Gasteiger partial charge in [0.1, 0.15) is 5.82 Å². The maximum Gasteiger partial charge on any atom is 0.243 e. The minimum Gasteiger partial charge on any atom is -0.376 e. The molecule has 2 heterocycles. The average Bonchev–Trinajstić information content (AvgIpc) is 3.27. The first kappa shape index (κ1) is 24.6. The number of nitrogens with zero attached hydrogens (tertiary/aromatic N) is 3. The summed E-state index contributed by atoms with van der Waals surface area (Å²) in [6.07, 6.45) is 0. The number of hydrogen-bond acceptors (Lipinski definition) is 5. The normalized spacial score (nSPS) is 18.2. The fraction of sp³-hybridized carbons (Fsp3) is 0.480. The van der Waals surface area contributed by atoms with Crippen LogP contribution in [-0.4, -0.2) is 67.2 Å². The molecule has 1 saturated heterocycles. The van der Waals surface area contributed by atoms with E-state index in [1.165, 1.54) is 33.6 Å². The Bertz CT molecular complexity index is 1150. The Hall–Kier alpha value is -2.49. The summed E-state index contributed by atoms with van der Waals surface area (Å²) < 4.78 is 40.4. The highest BCUT2D eigenvalue weighted by molar-refractivity contribution is 7.89. The number of sulfonamides is 1. The van der Waals surface area contributed by atoms with Gasteiger partial charge in [-0.3, -0.25) is 9.69 Å². The molecule has 34 heavy (non-hydrogen) atoms. The van der Waals surface area contributed by atoms with Gasteiger partial charge in [0.15, 0.2) is 0 Å². The molecule has 1 amide bonds. The predicted octanol–water partition coefficient (Wildman–Crippen LogP) is 3.13. The predicted molar refractivity (Wildman–Crippen MR) is 130 cm³/mol. The monoisotopic (exact) mass is 488 g/mol. The molecule has 0 aromatic heterocycles. The Balaban J connectivity index is 1.33. The molecular formula is C25H33FN4O3S. The quantitative estimate of drug-likeness (QED) is 0.648. The summed E-state index contributed by atoms with van der Waals surface area (Å²) >= 11 is 0. The van der Waals surface area contributed by atoms with Crippen molar-refractivity contribution in [3.63, 3.8) is 0 Å². The van der Waals surface area contributed by atoms with E-state index >= 15 is 0 Å². The van der Waals surface area contributed by atoms with Gasteiger partial charge in [-0.05, 0) is 48.2 Å². The number of hydrogen-bond donors (Lipinski definition) is 1. The van der Waals surface area contributed by atoms with Gasteiger partial charge >= 0.3 is 0 Å². The van der Waals surface area contributed by atoms with E-state index in [1.54, 1.807) is 4.90 Å². The summed E-state index contributed by atoms with van der Waals surface area (Å²) in [6.45, 7) is 9.64. The highest BCUT2D eigenvalue weighted by Gasteiger charge is 2.31. The van der Waals surface area contributed by atoms with Crippen LogP contribution in [0.5, 0.6) is 0 Å². The number of piperazine rings is 1. The summed E-state index contributed by atoms with van der Waals surface area (Å²) in [5.41, 5.74) is 3.52. The number of rotatable bonds is 7. The van der Waals surface area contributed by atoms with Crippen molar-refractivity contribution in [2.24, 2.45) is 5.92 Å². The van der Waals surface area contributed by atoms with E-state index < -0.39 is 15.8 Å². The van der Waals surface area contributed by atoms with E-state index in [0.717, 1.165) is 24.8 Å². The molecule has 2 aliphatic rings. The standard InChI is InChI=1S/C25H33FN4O3S/c1-18(2)19(3)29-16-20-6-4-9-24(23(20)17-29)27-15-25(31)28-10-12-30(13-11-28)34(32,33)22-8-5-7-21(26)14-22/h4-9,14,18-19,27H,10-13,15-17H2,1-3H3. The molecule has 0 bridgehead atoms. The number of amides is 1. The van der Waals surface area contributed by atoms with Crippen LogP contribution in [0.2, 0.25) is 0 Å². The van der Waals surface area contributed by atoms with Crippen LogP contribution in [0.15, 0.2) is 47.4 Å². The zero-order chi connectivity index (χ0) is 24.5. The third-order valence-electron chi connectivity index (χ3n) is 7.00. The third-order valence-corrected chi connectivity index (χ3v) is 8.90. The van der Waals surface area contributed by atoms with Crippen LogP contribution in [-0.2, 0) is 27.9 Å². The number of carbonyl (C=O) groups is 1. The van der Waals surface area contributed by atoms with Crippen LogP contribution >= 0.6 is 0 Å². The van der Waals surface area contributed by atoms with Gasteiger partial charge in [-0.25, -0.2) is 12.8 Å². The second kappa shape index (κ2) is 10.0. The molecule has 1 unspecified atom stereocenters. The van der Waals surface area contributed by atoms with Gasteiger partial charge in [-0.15, -0.1) is 0 Å². The highest BCUT2D eigenvalue weighted by atomic mass is 32.2. The second-order valence-electron chi connectivity index (χ2n) is 9.43. The minimum absolute atomic E-state index is 0.0623. The molecule has 0 spiro atoms. The molecule has 4 rings (SSSR count). The molecule has 1 N–H and O–H groups in total. The average molecular weight is 489 g/mol. The van der Waals surface area contributed by atoms with Gasteiger partial charge in [-0.2, -0.15) is 4.31 Å². The maximum absolute atomic E-state index is 13.5. The first-order chi connectivity index (χ1) is 16.2. The van der Waals surface area contributed by atoms with Crippen molar-refractivity contribution in [1.82, 2.24) is 14.1 Å². The fourth-order valence-electron chi connectivity index (χ4n) is 4.56. The number of nitrogens with one attached hydrogen (secondary N) is 1. The summed E-state index contributed by atoms with van der Waals surface area (Å²) in [7, 11) is -3.78. The lowest BCUT2D eigenvalue weighted by atomic mass is 10.1. The molecule has 0 radical (unpaired) electrons. The van der Waals surface area contributed by atoms with Crippen LogP contribution in [0.4, 0.5) is 10.1 Å². The van der Waals surface area contributed by atoms with Gasteiger partial charge in [0, 0.05) is 51.0 Å². The molecule has 0 saturated carbocycles. The molecule has 9 heteroatoms. The smallest absolute Gasteiger partial charge is 0.243 e. The Labute approximate surface area is 201 Å². The summed E-state index contributed by atoms with van der Waals surface area (Å²) in [5.74, 6) is -0.0864. The van der Waals surface area contributed by atoms with E-state index in [9.17, 15) is 17.6 Å². The largest absolute Gasteiger partial charge is 0.376 e. The number of anilines is 1. The van der Waals surface area contributed by atoms with Crippen LogP contribution in [0, 0.1) is 11.7 Å². The lowest BCUT2D eigenvalue weighted by molar-refractivity contribution is -0.130. The Morgan fingerprint density at radius 2 is 1.74 bits per heavy atom. The van der Waals surface area contributed by atoms with E-state index in [0.29, 0.717) is 25.0 Å². The number of benzene rings is 2. The van der Waals surface area contributed by atoms with E-state index in [2.05, 4.69) is 37.1 Å². The van der Waals surface area contributed by atoms with Gasteiger partial charge in [-0.1, -0.05) is 32.0 Å². The maximum atomic E-state index is 13.5. The first-order valence-electron chi connectivity index (χ1n) is 11.8. The number of carbonyl (C=O) groups excluding carboxylic acids is 1. The number of fused-ring (bicyclic) bond motifs is 1. The van der Waals surface area contributed by atoms with Crippen molar-refractivity contribution in [2.45, 2.75) is 44.8 Å². The van der Waals surface area contributed by atoms with Crippen molar-refractivity contribution in [1.29, 1.82) is 0 Å². The van der Waals surface area contributed by atoms with E-state index in [4.69, 9.17) is 0 Å². The van der Waals surface area contributed by atoms with Crippen molar-refractivity contribution in [2.75, 3.05) is 38.0 Å². The summed E-state index contributed by atoms with van der Waals surface area (Å²) in [6, 6.07) is 11.7. The van der Waals surface area contributed by atoms with Crippen molar-refractivity contribution in [3.05, 3.63) is 59.4 Å². The molecule has 2 aliphatic heterocycles. The first-order valence-corrected chi connectivity index (χ1v) is 13.2. The topological polar surface area (TPSA) is 73.0 Å². The van der Waals surface area contributed by atoms with Crippen molar-refractivity contribution < 1.29 is 17.6 Å². The Kier molecular flexibility index (Phi) is 7.25. The second-order valence-corrected chi connectivity index (χ2v) is 11.4. The van der Waals surface area contributed by atoms with Gasteiger partial charge < -0.3 is 10.2 Å². The van der Waals surface area contributed by atoms with Crippen LogP contribution < -0.4 is 5.32 Å². The zero-order valence-electron chi connectivity index (χ0n) is 20.0. The van der Waals surface area contributed by atoms with Crippen LogP contribution in [0.3, 0.4) is 0 Å². The SMILES string of the molecule is CC(C)C(C)N1Cc2cccc(NCC(=O)N3CCN(S(=O)(=O)c4cccc(F)c4)CC3)c2C1. The molecule has 2 aromatic rings. The van der Waals surface area contributed by atoms with E-state index in [1.807, 2.05) is 12.1 Å². The van der Waals surface area contributed by atoms with Crippen LogP contribution in [0.1, 0.15) is 31.9 Å². The molecule has 2 aromatic carbocycles. The van der Waals surface area contributed by atoms with Crippen molar-refractivity contribution >= 4 is 21.6 Å². The molecular weight excluding hydrogens is 455 g/mol. The zero-order valence-corrected chi connectivity index (χ0v) is 20.8.